The van der Waals surface area contributed by atoms with Gasteiger partial charge >= 0.3 is 0 Å². The summed E-state index contributed by atoms with van der Waals surface area (Å²) in [6.07, 6.45) is -0.0913. The zero-order valence-corrected chi connectivity index (χ0v) is 13.4. The Bertz CT molecular complexity index is 948. The average molecular weight is 323 g/mol. The van der Waals surface area contributed by atoms with Gasteiger partial charge in [-0.05, 0) is 31.0 Å². The van der Waals surface area contributed by atoms with Crippen molar-refractivity contribution >= 4 is 17.0 Å². The van der Waals surface area contributed by atoms with Crippen LogP contribution in [0.3, 0.4) is 0 Å². The van der Waals surface area contributed by atoms with Crippen LogP contribution in [0.5, 0.6) is 0 Å². The summed E-state index contributed by atoms with van der Waals surface area (Å²) in [6.45, 7) is 3.58. The molecule has 0 fully saturated rings. The van der Waals surface area contributed by atoms with E-state index in [1.807, 2.05) is 24.3 Å². The highest BCUT2D eigenvalue weighted by Gasteiger charge is 2.32. The monoisotopic (exact) mass is 323 g/mol. The molecule has 4 rings (SSSR count). The Morgan fingerprint density at radius 3 is 2.96 bits per heavy atom. The molecule has 2 aromatic heterocycles. The number of aliphatic hydroxyl groups excluding tert-OH is 1. The first-order chi connectivity index (χ1) is 11.5. The minimum absolute atomic E-state index is 0.266. The summed E-state index contributed by atoms with van der Waals surface area (Å²) in [7, 11) is 0. The zero-order chi connectivity index (χ0) is 16.8. The van der Waals surface area contributed by atoms with Crippen LogP contribution in [0.1, 0.15) is 38.9 Å². The van der Waals surface area contributed by atoms with Crippen molar-refractivity contribution in [2.75, 3.05) is 0 Å². The highest BCUT2D eigenvalue weighted by Crippen LogP contribution is 2.32. The third-order valence-corrected chi connectivity index (χ3v) is 4.48. The van der Waals surface area contributed by atoms with E-state index >= 15 is 0 Å². The zero-order valence-electron chi connectivity index (χ0n) is 13.4. The van der Waals surface area contributed by atoms with Crippen LogP contribution < -0.4 is 5.32 Å². The highest BCUT2D eigenvalue weighted by molar-refractivity contribution is 6.06. The Kier molecular flexibility index (Phi) is 3.35. The second kappa shape index (κ2) is 5.42. The van der Waals surface area contributed by atoms with E-state index in [9.17, 15) is 9.90 Å². The quantitative estimate of drug-likeness (QED) is 0.755. The fraction of sp³-hybridized carbons (Fsp3) is 0.278. The maximum atomic E-state index is 12.9. The first-order valence-electron chi connectivity index (χ1n) is 7.85. The van der Waals surface area contributed by atoms with Gasteiger partial charge in [0.2, 0.25) is 0 Å². The SMILES string of the molecule is Cc1cc(C(=O)N[C@@H]2c3ccccc3C[C@H]2O)c2c(C)noc2n1. The second-order valence-electron chi connectivity index (χ2n) is 6.18. The van der Waals surface area contributed by atoms with E-state index in [4.69, 9.17) is 4.52 Å². The van der Waals surface area contributed by atoms with Crippen LogP contribution >= 0.6 is 0 Å². The molecule has 0 saturated carbocycles. The molecule has 1 aromatic carbocycles. The van der Waals surface area contributed by atoms with Gasteiger partial charge in [-0.2, -0.15) is 0 Å². The van der Waals surface area contributed by atoms with Crippen molar-refractivity contribution in [3.05, 3.63) is 58.4 Å². The minimum Gasteiger partial charge on any atom is -0.390 e. The van der Waals surface area contributed by atoms with Crippen molar-refractivity contribution in [2.24, 2.45) is 0 Å². The molecular formula is C18H17N3O3. The van der Waals surface area contributed by atoms with Gasteiger partial charge in [0.25, 0.3) is 11.6 Å². The van der Waals surface area contributed by atoms with Crippen molar-refractivity contribution < 1.29 is 14.4 Å². The van der Waals surface area contributed by atoms with E-state index in [2.05, 4.69) is 15.5 Å². The van der Waals surface area contributed by atoms with Crippen LogP contribution in [0, 0.1) is 13.8 Å². The van der Waals surface area contributed by atoms with E-state index in [0.29, 0.717) is 34.5 Å². The standard InChI is InChI=1S/C18H17N3O3/c1-9-7-13(15-10(2)21-24-18(15)19-9)17(23)20-16-12-6-4-3-5-11(12)8-14(16)22/h3-7,14,16,22H,8H2,1-2H3,(H,20,23)/t14-,16-/m1/s1. The van der Waals surface area contributed by atoms with Crippen LogP contribution in [0.15, 0.2) is 34.9 Å². The second-order valence-corrected chi connectivity index (χ2v) is 6.18. The topological polar surface area (TPSA) is 88.2 Å². The van der Waals surface area contributed by atoms with Crippen molar-refractivity contribution in [3.63, 3.8) is 0 Å². The summed E-state index contributed by atoms with van der Waals surface area (Å²) >= 11 is 0. The third kappa shape index (κ3) is 2.27. The molecule has 2 heterocycles. The van der Waals surface area contributed by atoms with Crippen LogP contribution in [0.4, 0.5) is 0 Å². The third-order valence-electron chi connectivity index (χ3n) is 4.48. The van der Waals surface area contributed by atoms with Crippen LogP contribution in [-0.4, -0.2) is 27.3 Å². The molecule has 0 aliphatic heterocycles. The molecule has 1 amide bonds. The summed E-state index contributed by atoms with van der Waals surface area (Å²) in [5.41, 5.74) is 4.14. The first-order valence-corrected chi connectivity index (χ1v) is 7.85. The lowest BCUT2D eigenvalue weighted by atomic mass is 10.1. The van der Waals surface area contributed by atoms with Gasteiger partial charge in [0.1, 0.15) is 0 Å². The van der Waals surface area contributed by atoms with Gasteiger partial charge < -0.3 is 14.9 Å². The van der Waals surface area contributed by atoms with E-state index < -0.39 is 12.1 Å². The molecule has 0 bridgehead atoms. The molecule has 122 valence electrons. The molecule has 1 aliphatic carbocycles. The molecule has 2 N–H and O–H groups in total. The largest absolute Gasteiger partial charge is 0.390 e. The minimum atomic E-state index is -0.631. The maximum Gasteiger partial charge on any atom is 0.258 e. The number of rotatable bonds is 2. The van der Waals surface area contributed by atoms with Gasteiger partial charge in [0, 0.05) is 12.1 Å². The number of pyridine rings is 1. The number of fused-ring (bicyclic) bond motifs is 2. The van der Waals surface area contributed by atoms with E-state index in [-0.39, 0.29) is 5.91 Å². The Morgan fingerprint density at radius 2 is 2.12 bits per heavy atom. The maximum absolute atomic E-state index is 12.9. The lowest BCUT2D eigenvalue weighted by Crippen LogP contribution is -2.34. The summed E-state index contributed by atoms with van der Waals surface area (Å²) < 4.78 is 5.18. The summed E-state index contributed by atoms with van der Waals surface area (Å²) in [4.78, 5) is 17.1. The smallest absolute Gasteiger partial charge is 0.258 e. The molecule has 0 radical (unpaired) electrons. The van der Waals surface area contributed by atoms with Gasteiger partial charge in [0.05, 0.1) is 28.8 Å². The Labute approximate surface area is 138 Å². The fourth-order valence-corrected chi connectivity index (χ4v) is 3.36. The molecule has 1 aliphatic rings. The number of aromatic nitrogens is 2. The number of carbonyl (C=O) groups is 1. The molecule has 0 spiro atoms. The molecule has 6 heteroatoms. The van der Waals surface area contributed by atoms with Crippen LogP contribution in [0.2, 0.25) is 0 Å². The highest BCUT2D eigenvalue weighted by atomic mass is 16.5. The molecule has 3 aromatic rings. The van der Waals surface area contributed by atoms with Crippen molar-refractivity contribution in [3.8, 4) is 0 Å². The summed E-state index contributed by atoms with van der Waals surface area (Å²) in [5, 5.41) is 17.8. The van der Waals surface area contributed by atoms with Crippen LogP contribution in [0.25, 0.3) is 11.1 Å². The number of hydrogen-bond acceptors (Lipinski definition) is 5. The fourth-order valence-electron chi connectivity index (χ4n) is 3.36. The lowest BCUT2D eigenvalue weighted by molar-refractivity contribution is 0.0859. The first kappa shape index (κ1) is 14.8. The number of aliphatic hydroxyl groups is 1. The predicted molar refractivity (Wildman–Crippen MR) is 87.6 cm³/mol. The van der Waals surface area contributed by atoms with E-state index in [1.54, 1.807) is 19.9 Å². The lowest BCUT2D eigenvalue weighted by Gasteiger charge is -2.18. The Hall–Kier alpha value is -2.73. The van der Waals surface area contributed by atoms with Crippen molar-refractivity contribution in [1.82, 2.24) is 15.5 Å². The Balaban J connectivity index is 1.72. The molecule has 6 nitrogen and oxygen atoms in total. The number of nitrogens with zero attached hydrogens (tertiary/aromatic N) is 2. The number of hydrogen-bond donors (Lipinski definition) is 2. The van der Waals surface area contributed by atoms with Gasteiger partial charge in [-0.3, -0.25) is 4.79 Å². The normalized spacial score (nSPS) is 19.5. The van der Waals surface area contributed by atoms with E-state index in [1.165, 1.54) is 0 Å². The molecule has 0 unspecified atom stereocenters. The van der Waals surface area contributed by atoms with Crippen LogP contribution in [-0.2, 0) is 6.42 Å². The summed E-state index contributed by atoms with van der Waals surface area (Å²) in [5.74, 6) is -0.266. The van der Waals surface area contributed by atoms with E-state index in [0.717, 1.165) is 11.1 Å². The molecular weight excluding hydrogens is 306 g/mol. The molecule has 2 atom stereocenters. The number of aryl methyl sites for hydroxylation is 2. The van der Waals surface area contributed by atoms with Gasteiger partial charge in [-0.25, -0.2) is 4.98 Å². The number of carbonyl (C=O) groups excluding carboxylic acids is 1. The average Bonchev–Trinajstić information content (AvgIpc) is 3.07. The predicted octanol–water partition coefficient (Wildman–Crippen LogP) is 2.23. The Morgan fingerprint density at radius 1 is 1.33 bits per heavy atom. The summed E-state index contributed by atoms with van der Waals surface area (Å²) in [6, 6.07) is 9.06. The van der Waals surface area contributed by atoms with Crippen molar-refractivity contribution in [2.45, 2.75) is 32.4 Å². The van der Waals surface area contributed by atoms with Gasteiger partial charge in [-0.1, -0.05) is 29.4 Å². The number of benzene rings is 1. The molecule has 24 heavy (non-hydrogen) atoms. The van der Waals surface area contributed by atoms with Crippen molar-refractivity contribution in [1.29, 1.82) is 0 Å². The van der Waals surface area contributed by atoms with Gasteiger partial charge in [0.15, 0.2) is 0 Å². The molecule has 0 saturated heterocycles. The number of nitrogens with one attached hydrogen (secondary N) is 1. The number of amides is 1. The van der Waals surface area contributed by atoms with Gasteiger partial charge in [-0.15, -0.1) is 0 Å².